The fourth-order valence-electron chi connectivity index (χ4n) is 2.57. The highest BCUT2D eigenvalue weighted by Crippen LogP contribution is 2.30. The monoisotopic (exact) mass is 290 g/mol. The Morgan fingerprint density at radius 3 is 2.53 bits per heavy atom. The lowest BCUT2D eigenvalue weighted by atomic mass is 9.87. The number of nitrogens with one attached hydrogen (secondary N) is 1. The van der Waals surface area contributed by atoms with Crippen LogP contribution in [0.1, 0.15) is 46.5 Å². The molecule has 1 saturated heterocycles. The van der Waals surface area contributed by atoms with Crippen LogP contribution in [0.3, 0.4) is 0 Å². The lowest BCUT2D eigenvalue weighted by molar-refractivity contribution is -0.132. The van der Waals surface area contributed by atoms with Gasteiger partial charge in [0.2, 0.25) is 15.9 Å². The Kier molecular flexibility index (Phi) is 5.38. The summed E-state index contributed by atoms with van der Waals surface area (Å²) in [5, 5.41) is 0. The third kappa shape index (κ3) is 6.38. The fourth-order valence-corrected chi connectivity index (χ4v) is 3.04. The van der Waals surface area contributed by atoms with Crippen molar-refractivity contribution in [2.75, 3.05) is 19.3 Å². The normalized spacial score (nSPS) is 20.8. The second-order valence-corrected chi connectivity index (χ2v) is 8.40. The highest BCUT2D eigenvalue weighted by molar-refractivity contribution is 7.88. The highest BCUT2D eigenvalue weighted by atomic mass is 32.2. The lowest BCUT2D eigenvalue weighted by Crippen LogP contribution is -2.39. The number of likely N-dealkylation sites (tertiary alicyclic amines) is 1. The summed E-state index contributed by atoms with van der Waals surface area (Å²) in [6.07, 6.45) is 4.45. The van der Waals surface area contributed by atoms with Crippen LogP contribution in [0.4, 0.5) is 0 Å². The number of amides is 1. The average Bonchev–Trinajstić information content (AvgIpc) is 2.60. The molecule has 0 aromatic heterocycles. The van der Waals surface area contributed by atoms with Crippen LogP contribution in [0.25, 0.3) is 0 Å². The van der Waals surface area contributed by atoms with Crippen molar-refractivity contribution in [1.29, 1.82) is 0 Å². The molecule has 1 aliphatic heterocycles. The van der Waals surface area contributed by atoms with E-state index in [1.807, 2.05) is 4.90 Å². The van der Waals surface area contributed by atoms with Gasteiger partial charge in [-0.25, -0.2) is 13.1 Å². The number of sulfonamides is 1. The molecule has 5 nitrogen and oxygen atoms in total. The Hall–Kier alpha value is -0.620. The van der Waals surface area contributed by atoms with Crippen LogP contribution in [0, 0.1) is 5.41 Å². The maximum Gasteiger partial charge on any atom is 0.224 e. The third-order valence-electron chi connectivity index (χ3n) is 3.25. The Balaban J connectivity index is 2.47. The fraction of sp³-hybridized carbons (Fsp3) is 0.923. The maximum absolute atomic E-state index is 12.1. The molecule has 0 aromatic carbocycles. The smallest absolute Gasteiger partial charge is 0.224 e. The molecule has 1 fully saturated rings. The summed E-state index contributed by atoms with van der Waals surface area (Å²) in [6.45, 7) is 7.53. The molecule has 1 N–H and O–H groups in total. The van der Waals surface area contributed by atoms with Crippen molar-refractivity contribution in [3.63, 3.8) is 0 Å². The van der Waals surface area contributed by atoms with E-state index in [2.05, 4.69) is 25.5 Å². The molecule has 1 atom stereocenters. The second kappa shape index (κ2) is 6.22. The molecule has 0 bridgehead atoms. The second-order valence-electron chi connectivity index (χ2n) is 6.56. The van der Waals surface area contributed by atoms with Crippen molar-refractivity contribution in [1.82, 2.24) is 9.62 Å². The van der Waals surface area contributed by atoms with E-state index in [1.165, 1.54) is 0 Å². The third-order valence-corrected chi connectivity index (χ3v) is 3.98. The van der Waals surface area contributed by atoms with E-state index in [9.17, 15) is 13.2 Å². The van der Waals surface area contributed by atoms with Gasteiger partial charge in [-0.3, -0.25) is 4.79 Å². The van der Waals surface area contributed by atoms with Gasteiger partial charge in [0.05, 0.1) is 6.26 Å². The molecule has 19 heavy (non-hydrogen) atoms. The van der Waals surface area contributed by atoms with E-state index in [0.717, 1.165) is 32.1 Å². The van der Waals surface area contributed by atoms with Crippen molar-refractivity contribution in [2.45, 2.75) is 52.5 Å². The Labute approximate surface area is 116 Å². The summed E-state index contributed by atoms with van der Waals surface area (Å²) in [5.41, 5.74) is 0.207. The molecular weight excluding hydrogens is 264 g/mol. The van der Waals surface area contributed by atoms with E-state index in [-0.39, 0.29) is 24.3 Å². The molecule has 0 spiro atoms. The van der Waals surface area contributed by atoms with Crippen LogP contribution in [0.2, 0.25) is 0 Å². The van der Waals surface area contributed by atoms with Gasteiger partial charge in [0.25, 0.3) is 0 Å². The minimum atomic E-state index is -3.21. The van der Waals surface area contributed by atoms with Crippen molar-refractivity contribution in [3.8, 4) is 0 Å². The standard InChI is InChI=1S/C13H26N2O3S/c1-13(2,3)10-11-6-5-9-15(11)12(16)7-8-14-19(4,17)18/h11,14H,5-10H2,1-4H3/t11-/m0/s1. The highest BCUT2D eigenvalue weighted by Gasteiger charge is 2.31. The molecule has 0 aromatic rings. The topological polar surface area (TPSA) is 66.5 Å². The number of rotatable bonds is 5. The molecule has 1 amide bonds. The van der Waals surface area contributed by atoms with Crippen molar-refractivity contribution in [2.24, 2.45) is 5.41 Å². The summed E-state index contributed by atoms with van der Waals surface area (Å²) >= 11 is 0. The van der Waals surface area contributed by atoms with Gasteiger partial charge in [-0.2, -0.15) is 0 Å². The molecule has 0 saturated carbocycles. The first-order valence-electron chi connectivity index (χ1n) is 6.83. The Morgan fingerprint density at radius 1 is 1.37 bits per heavy atom. The average molecular weight is 290 g/mol. The van der Waals surface area contributed by atoms with E-state index in [0.29, 0.717) is 6.04 Å². The van der Waals surface area contributed by atoms with Crippen molar-refractivity contribution < 1.29 is 13.2 Å². The van der Waals surface area contributed by atoms with Crippen LogP contribution in [0.5, 0.6) is 0 Å². The van der Waals surface area contributed by atoms with Gasteiger partial charge in [0.15, 0.2) is 0 Å². The largest absolute Gasteiger partial charge is 0.340 e. The minimum Gasteiger partial charge on any atom is -0.340 e. The molecule has 0 radical (unpaired) electrons. The molecule has 1 aliphatic rings. The SMILES string of the molecule is CC(C)(C)C[C@@H]1CCCN1C(=O)CCNS(C)(=O)=O. The zero-order chi connectivity index (χ0) is 14.7. The van der Waals surface area contributed by atoms with Gasteiger partial charge in [-0.05, 0) is 24.7 Å². The summed E-state index contributed by atoms with van der Waals surface area (Å²) in [7, 11) is -3.21. The van der Waals surface area contributed by atoms with Gasteiger partial charge in [0, 0.05) is 25.6 Å². The summed E-state index contributed by atoms with van der Waals surface area (Å²) in [5.74, 6) is 0.0582. The van der Waals surface area contributed by atoms with Crippen molar-refractivity contribution in [3.05, 3.63) is 0 Å². The quantitative estimate of drug-likeness (QED) is 0.831. The molecule has 0 unspecified atom stereocenters. The molecular formula is C13H26N2O3S. The number of nitrogens with zero attached hydrogens (tertiary/aromatic N) is 1. The summed E-state index contributed by atoms with van der Waals surface area (Å²) in [4.78, 5) is 14.0. The van der Waals surface area contributed by atoms with Crippen LogP contribution < -0.4 is 4.72 Å². The summed E-state index contributed by atoms with van der Waals surface area (Å²) < 4.78 is 24.3. The Bertz CT molecular complexity index is 412. The van der Waals surface area contributed by atoms with E-state index in [4.69, 9.17) is 0 Å². The van der Waals surface area contributed by atoms with Crippen LogP contribution in [-0.2, 0) is 14.8 Å². The number of carbonyl (C=O) groups is 1. The predicted molar refractivity (Wildman–Crippen MR) is 76.3 cm³/mol. The van der Waals surface area contributed by atoms with Gasteiger partial charge in [-0.1, -0.05) is 20.8 Å². The first-order valence-corrected chi connectivity index (χ1v) is 8.72. The zero-order valence-electron chi connectivity index (χ0n) is 12.4. The van der Waals surface area contributed by atoms with Gasteiger partial charge in [0.1, 0.15) is 0 Å². The van der Waals surface area contributed by atoms with Gasteiger partial charge >= 0.3 is 0 Å². The van der Waals surface area contributed by atoms with Gasteiger partial charge in [-0.15, -0.1) is 0 Å². The molecule has 0 aliphatic carbocycles. The van der Waals surface area contributed by atoms with Crippen molar-refractivity contribution >= 4 is 15.9 Å². The van der Waals surface area contributed by atoms with Gasteiger partial charge < -0.3 is 4.90 Å². The van der Waals surface area contributed by atoms with Crippen LogP contribution >= 0.6 is 0 Å². The van der Waals surface area contributed by atoms with Crippen LogP contribution in [-0.4, -0.2) is 44.6 Å². The summed E-state index contributed by atoms with van der Waals surface area (Å²) in [6, 6.07) is 0.311. The van der Waals surface area contributed by atoms with E-state index < -0.39 is 10.0 Å². The van der Waals surface area contributed by atoms with E-state index in [1.54, 1.807) is 0 Å². The molecule has 112 valence electrons. The van der Waals surface area contributed by atoms with Crippen LogP contribution in [0.15, 0.2) is 0 Å². The number of hydrogen-bond acceptors (Lipinski definition) is 3. The first-order chi connectivity index (χ1) is 8.58. The number of carbonyl (C=O) groups excluding carboxylic acids is 1. The number of hydrogen-bond donors (Lipinski definition) is 1. The molecule has 1 heterocycles. The zero-order valence-corrected chi connectivity index (χ0v) is 13.2. The van der Waals surface area contributed by atoms with E-state index >= 15 is 0 Å². The molecule has 6 heteroatoms. The minimum absolute atomic E-state index is 0.0582. The lowest BCUT2D eigenvalue weighted by Gasteiger charge is -2.30. The Morgan fingerprint density at radius 2 is 2.00 bits per heavy atom. The first kappa shape index (κ1) is 16.4. The molecule has 1 rings (SSSR count). The predicted octanol–water partition coefficient (Wildman–Crippen LogP) is 1.35. The maximum atomic E-state index is 12.1.